The summed E-state index contributed by atoms with van der Waals surface area (Å²) in [7, 11) is 0. The number of thioether (sulfide) groups is 1. The van der Waals surface area contributed by atoms with Crippen LogP contribution in [0.5, 0.6) is 0 Å². The van der Waals surface area contributed by atoms with Gasteiger partial charge in [0.2, 0.25) is 0 Å². The van der Waals surface area contributed by atoms with E-state index in [2.05, 4.69) is 9.97 Å². The monoisotopic (exact) mass is 376 g/mol. The van der Waals surface area contributed by atoms with E-state index < -0.39 is 17.7 Å². The maximum atomic E-state index is 13.9. The number of hydrogen-bond acceptors (Lipinski definition) is 3. The van der Waals surface area contributed by atoms with E-state index in [-0.39, 0.29) is 23.2 Å². The Bertz CT molecular complexity index is 897. The zero-order valence-corrected chi connectivity index (χ0v) is 14.4. The van der Waals surface area contributed by atoms with Crippen molar-refractivity contribution in [1.29, 1.82) is 0 Å². The summed E-state index contributed by atoms with van der Waals surface area (Å²) in [6, 6.07) is 8.22. The number of H-pyrrole nitrogens is 1. The molecule has 134 valence electrons. The number of hydrogen-bond donors (Lipinski definition) is 1. The summed E-state index contributed by atoms with van der Waals surface area (Å²) in [5.74, 6) is -0.898. The number of rotatable bonds is 5. The molecule has 0 radical (unpaired) electrons. The van der Waals surface area contributed by atoms with Gasteiger partial charge in [-0.1, -0.05) is 6.07 Å². The number of fused-ring (bicyclic) bond motifs is 1. The third-order valence-electron chi connectivity index (χ3n) is 4.31. The summed E-state index contributed by atoms with van der Waals surface area (Å²) in [5.41, 5.74) is 0.572. The van der Waals surface area contributed by atoms with Gasteiger partial charge in [0.25, 0.3) is 0 Å². The fourth-order valence-electron chi connectivity index (χ4n) is 3.06. The number of benzene rings is 2. The van der Waals surface area contributed by atoms with Gasteiger partial charge in [0.05, 0.1) is 12.7 Å². The Hall–Kier alpha value is -2.25. The molecule has 0 spiro atoms. The molecule has 2 unspecified atom stereocenters. The highest BCUT2D eigenvalue weighted by molar-refractivity contribution is 8.00. The lowest BCUT2D eigenvalue weighted by Gasteiger charge is -2.20. The molecule has 0 fully saturated rings. The van der Waals surface area contributed by atoms with Crippen molar-refractivity contribution in [1.82, 2.24) is 9.97 Å². The molecule has 0 amide bonds. The minimum atomic E-state index is -0.655. The first-order chi connectivity index (χ1) is 12.6. The van der Waals surface area contributed by atoms with Crippen LogP contribution < -0.4 is 0 Å². The molecule has 2 heterocycles. The first-order valence-electron chi connectivity index (χ1n) is 8.10. The Balaban J connectivity index is 1.60. The first kappa shape index (κ1) is 17.2. The molecule has 2 aromatic carbocycles. The van der Waals surface area contributed by atoms with Crippen LogP contribution in [0.3, 0.4) is 0 Å². The highest BCUT2D eigenvalue weighted by Crippen LogP contribution is 2.47. The van der Waals surface area contributed by atoms with Crippen molar-refractivity contribution in [3.63, 3.8) is 0 Å². The molecule has 0 saturated carbocycles. The van der Waals surface area contributed by atoms with Gasteiger partial charge in [-0.2, -0.15) is 0 Å². The molecule has 1 aliphatic heterocycles. The number of aromatic amines is 1. The fourth-order valence-corrected chi connectivity index (χ4v) is 4.44. The third-order valence-corrected chi connectivity index (χ3v) is 5.66. The molecule has 4 rings (SSSR count). The van der Waals surface area contributed by atoms with Gasteiger partial charge in [0.1, 0.15) is 23.3 Å². The predicted molar refractivity (Wildman–Crippen MR) is 92.2 cm³/mol. The average molecular weight is 376 g/mol. The van der Waals surface area contributed by atoms with Crippen LogP contribution in [-0.4, -0.2) is 15.2 Å². The topological polar surface area (TPSA) is 37.9 Å². The van der Waals surface area contributed by atoms with E-state index in [1.807, 2.05) is 0 Å². The fraction of sp³-hybridized carbons (Fsp3) is 0.211. The molecule has 0 saturated heterocycles. The van der Waals surface area contributed by atoms with E-state index in [4.69, 9.17) is 4.74 Å². The number of nitrogens with zero attached hydrogens (tertiary/aromatic N) is 1. The van der Waals surface area contributed by atoms with E-state index in [1.165, 1.54) is 30.3 Å². The zero-order chi connectivity index (χ0) is 18.1. The van der Waals surface area contributed by atoms with Crippen molar-refractivity contribution < 1.29 is 17.9 Å². The summed E-state index contributed by atoms with van der Waals surface area (Å²) >= 11 is 1.56. The van der Waals surface area contributed by atoms with Gasteiger partial charge in [-0.3, -0.25) is 0 Å². The molecular formula is C19H15F3N2OS. The number of nitrogens with one attached hydrogen (secondary N) is 1. The SMILES string of the molecule is Fc1ccc2c(c1)C(OCc1c(F)cccc1F)C(Cc1ncc[nH]1)S2. The highest BCUT2D eigenvalue weighted by Gasteiger charge is 2.35. The van der Waals surface area contributed by atoms with Crippen molar-refractivity contribution in [2.45, 2.75) is 29.3 Å². The summed E-state index contributed by atoms with van der Waals surface area (Å²) in [6.07, 6.45) is 3.46. The van der Waals surface area contributed by atoms with Gasteiger partial charge in [-0.25, -0.2) is 18.2 Å². The molecule has 0 aliphatic carbocycles. The van der Waals surface area contributed by atoms with Crippen LogP contribution >= 0.6 is 11.8 Å². The van der Waals surface area contributed by atoms with E-state index in [9.17, 15) is 13.2 Å². The Kier molecular flexibility index (Phi) is 4.74. The third kappa shape index (κ3) is 3.37. The van der Waals surface area contributed by atoms with Crippen LogP contribution in [0.25, 0.3) is 0 Å². The predicted octanol–water partition coefficient (Wildman–Crippen LogP) is 4.80. The maximum Gasteiger partial charge on any atom is 0.131 e. The lowest BCUT2D eigenvalue weighted by atomic mass is 10.0. The lowest BCUT2D eigenvalue weighted by Crippen LogP contribution is -2.18. The first-order valence-corrected chi connectivity index (χ1v) is 8.98. The van der Waals surface area contributed by atoms with Crippen LogP contribution in [0.1, 0.15) is 23.1 Å². The largest absolute Gasteiger partial charge is 0.367 e. The summed E-state index contributed by atoms with van der Waals surface area (Å²) in [4.78, 5) is 8.17. The van der Waals surface area contributed by atoms with Gasteiger partial charge in [0.15, 0.2) is 0 Å². The number of ether oxygens (including phenoxy) is 1. The van der Waals surface area contributed by atoms with Crippen molar-refractivity contribution in [3.05, 3.63) is 83.2 Å². The van der Waals surface area contributed by atoms with Crippen molar-refractivity contribution in [3.8, 4) is 0 Å². The smallest absolute Gasteiger partial charge is 0.131 e. The van der Waals surface area contributed by atoms with Crippen LogP contribution in [0.15, 0.2) is 53.7 Å². The van der Waals surface area contributed by atoms with Gasteiger partial charge >= 0.3 is 0 Å². The Morgan fingerprint density at radius 1 is 1.12 bits per heavy atom. The zero-order valence-electron chi connectivity index (χ0n) is 13.6. The molecule has 1 aliphatic rings. The molecule has 1 aromatic heterocycles. The summed E-state index contributed by atoms with van der Waals surface area (Å²) < 4.78 is 47.4. The normalized spacial score (nSPS) is 18.9. The molecule has 3 aromatic rings. The molecule has 1 N–H and O–H groups in total. The average Bonchev–Trinajstić information content (AvgIpc) is 3.23. The number of halogens is 3. The molecule has 2 atom stereocenters. The maximum absolute atomic E-state index is 13.9. The molecule has 7 heteroatoms. The van der Waals surface area contributed by atoms with Crippen LogP contribution in [0, 0.1) is 17.5 Å². The highest BCUT2D eigenvalue weighted by atomic mass is 32.2. The molecule has 26 heavy (non-hydrogen) atoms. The van der Waals surface area contributed by atoms with Gasteiger partial charge in [0, 0.05) is 34.5 Å². The standard InChI is InChI=1S/C19H15F3N2OS/c20-11-4-5-16-12(8-11)19(17(26-16)9-18-23-6-7-24-18)25-10-13-14(21)2-1-3-15(13)22/h1-8,17,19H,9-10H2,(H,23,24). The number of aromatic nitrogens is 2. The molecular weight excluding hydrogens is 361 g/mol. The Morgan fingerprint density at radius 2 is 1.92 bits per heavy atom. The van der Waals surface area contributed by atoms with Gasteiger partial charge in [-0.05, 0) is 35.9 Å². The van der Waals surface area contributed by atoms with E-state index in [1.54, 1.807) is 30.2 Å². The van der Waals surface area contributed by atoms with Gasteiger partial charge in [-0.15, -0.1) is 11.8 Å². The second-order valence-electron chi connectivity index (χ2n) is 6.01. The number of imidazole rings is 1. The van der Waals surface area contributed by atoms with E-state index >= 15 is 0 Å². The van der Waals surface area contributed by atoms with E-state index in [0.29, 0.717) is 12.0 Å². The van der Waals surface area contributed by atoms with E-state index in [0.717, 1.165) is 10.7 Å². The minimum Gasteiger partial charge on any atom is -0.367 e. The molecule has 0 bridgehead atoms. The Labute approximate surface area is 152 Å². The van der Waals surface area contributed by atoms with Crippen LogP contribution in [0.2, 0.25) is 0 Å². The minimum absolute atomic E-state index is 0.0761. The van der Waals surface area contributed by atoms with Gasteiger partial charge < -0.3 is 9.72 Å². The van der Waals surface area contributed by atoms with Crippen molar-refractivity contribution in [2.75, 3.05) is 0 Å². The quantitative estimate of drug-likeness (QED) is 0.695. The lowest BCUT2D eigenvalue weighted by molar-refractivity contribution is 0.0357. The Morgan fingerprint density at radius 3 is 2.65 bits per heavy atom. The molecule has 3 nitrogen and oxygen atoms in total. The van der Waals surface area contributed by atoms with Crippen molar-refractivity contribution in [2.24, 2.45) is 0 Å². The van der Waals surface area contributed by atoms with Crippen molar-refractivity contribution >= 4 is 11.8 Å². The van der Waals surface area contributed by atoms with Crippen LogP contribution in [0.4, 0.5) is 13.2 Å². The second-order valence-corrected chi connectivity index (χ2v) is 7.29. The summed E-state index contributed by atoms with van der Waals surface area (Å²) in [6.45, 7) is -0.228. The summed E-state index contributed by atoms with van der Waals surface area (Å²) in [5, 5.41) is -0.0761. The second kappa shape index (κ2) is 7.17. The van der Waals surface area contributed by atoms with Crippen LogP contribution in [-0.2, 0) is 17.8 Å².